The van der Waals surface area contributed by atoms with Gasteiger partial charge in [0.2, 0.25) is 11.8 Å². The number of benzene rings is 1. The largest absolute Gasteiger partial charge is 0.493 e. The fourth-order valence-electron chi connectivity index (χ4n) is 1.32. The molecule has 0 aliphatic carbocycles. The van der Waals surface area contributed by atoms with E-state index in [4.69, 9.17) is 14.9 Å². The lowest BCUT2D eigenvalue weighted by molar-refractivity contribution is 0.302. The quantitative estimate of drug-likeness (QED) is 0.851. The number of aromatic nitrogens is 2. The maximum Gasteiger partial charge on any atom is 0.232 e. The minimum absolute atomic E-state index is 0.230. The number of nitrogens with two attached hydrogens (primary N) is 1. The molecule has 1 heterocycles. The van der Waals surface area contributed by atoms with Crippen molar-refractivity contribution < 1.29 is 9.15 Å². The van der Waals surface area contributed by atoms with Gasteiger partial charge in [-0.1, -0.05) is 18.2 Å². The summed E-state index contributed by atoms with van der Waals surface area (Å²) in [5.41, 5.74) is 5.62. The third kappa shape index (κ3) is 3.29. The van der Waals surface area contributed by atoms with E-state index in [0.29, 0.717) is 24.8 Å². The summed E-state index contributed by atoms with van der Waals surface area (Å²) in [5, 5.41) is 7.74. The summed E-state index contributed by atoms with van der Waals surface area (Å²) >= 11 is 0. The van der Waals surface area contributed by atoms with Gasteiger partial charge in [-0.15, -0.1) is 10.2 Å². The Bertz CT molecular complexity index is 454. The molecule has 0 saturated heterocycles. The van der Waals surface area contributed by atoms with E-state index in [0.717, 1.165) is 5.75 Å². The SMILES string of the molecule is CC(N)c1nnc(CCOc2ccccc2)o1. The standard InChI is InChI=1S/C12H15N3O2/c1-9(13)12-15-14-11(17-12)7-8-16-10-5-3-2-4-6-10/h2-6,9H,7-8,13H2,1H3. The first-order chi connectivity index (χ1) is 8.25. The van der Waals surface area contributed by atoms with Crippen LogP contribution in [0.2, 0.25) is 0 Å². The monoisotopic (exact) mass is 233 g/mol. The second-order valence-electron chi connectivity index (χ2n) is 3.73. The lowest BCUT2D eigenvalue weighted by atomic mass is 10.3. The van der Waals surface area contributed by atoms with E-state index in [9.17, 15) is 0 Å². The number of para-hydroxylation sites is 1. The lowest BCUT2D eigenvalue weighted by Gasteiger charge is -2.03. The lowest BCUT2D eigenvalue weighted by Crippen LogP contribution is -2.04. The molecule has 0 bridgehead atoms. The summed E-state index contributed by atoms with van der Waals surface area (Å²) in [6.45, 7) is 2.31. The average Bonchev–Trinajstić information content (AvgIpc) is 2.79. The van der Waals surface area contributed by atoms with Crippen LogP contribution in [0.1, 0.15) is 24.7 Å². The molecule has 0 aliphatic rings. The van der Waals surface area contributed by atoms with E-state index in [1.54, 1.807) is 6.92 Å². The first-order valence-corrected chi connectivity index (χ1v) is 5.51. The van der Waals surface area contributed by atoms with Gasteiger partial charge in [0.15, 0.2) is 0 Å². The Morgan fingerprint density at radius 2 is 2.06 bits per heavy atom. The van der Waals surface area contributed by atoms with Crippen LogP contribution < -0.4 is 10.5 Å². The van der Waals surface area contributed by atoms with Crippen LogP contribution in [-0.2, 0) is 6.42 Å². The van der Waals surface area contributed by atoms with E-state index in [-0.39, 0.29) is 6.04 Å². The molecule has 0 spiro atoms. The van der Waals surface area contributed by atoms with Crippen LogP contribution in [0.3, 0.4) is 0 Å². The number of nitrogens with zero attached hydrogens (tertiary/aromatic N) is 2. The topological polar surface area (TPSA) is 74.2 Å². The van der Waals surface area contributed by atoms with Gasteiger partial charge in [-0.2, -0.15) is 0 Å². The second kappa shape index (κ2) is 5.45. The Morgan fingerprint density at radius 1 is 1.29 bits per heavy atom. The van der Waals surface area contributed by atoms with Crippen molar-refractivity contribution in [1.82, 2.24) is 10.2 Å². The van der Waals surface area contributed by atoms with Gasteiger partial charge in [-0.3, -0.25) is 0 Å². The molecular formula is C12H15N3O2. The van der Waals surface area contributed by atoms with Crippen LogP contribution >= 0.6 is 0 Å². The van der Waals surface area contributed by atoms with Crippen LogP contribution in [0.5, 0.6) is 5.75 Å². The molecule has 0 fully saturated rings. The Morgan fingerprint density at radius 3 is 2.71 bits per heavy atom. The zero-order valence-electron chi connectivity index (χ0n) is 9.67. The fourth-order valence-corrected chi connectivity index (χ4v) is 1.32. The van der Waals surface area contributed by atoms with E-state index in [1.807, 2.05) is 30.3 Å². The molecule has 0 saturated carbocycles. The molecule has 0 amide bonds. The molecule has 1 aromatic carbocycles. The number of rotatable bonds is 5. The summed E-state index contributed by atoms with van der Waals surface area (Å²) in [6, 6.07) is 9.38. The first kappa shape index (κ1) is 11.6. The van der Waals surface area contributed by atoms with Gasteiger partial charge < -0.3 is 14.9 Å². The third-order valence-electron chi connectivity index (χ3n) is 2.20. The predicted molar refractivity (Wildman–Crippen MR) is 62.5 cm³/mol. The van der Waals surface area contributed by atoms with E-state index < -0.39 is 0 Å². The van der Waals surface area contributed by atoms with Crippen molar-refractivity contribution in [3.8, 4) is 5.75 Å². The molecule has 0 radical (unpaired) electrons. The Kier molecular flexibility index (Phi) is 3.72. The van der Waals surface area contributed by atoms with Crippen molar-refractivity contribution in [1.29, 1.82) is 0 Å². The molecule has 5 heteroatoms. The summed E-state index contributed by atoms with van der Waals surface area (Å²) in [6.07, 6.45) is 0.578. The molecule has 90 valence electrons. The van der Waals surface area contributed by atoms with Gasteiger partial charge in [0, 0.05) is 0 Å². The summed E-state index contributed by atoms with van der Waals surface area (Å²) in [4.78, 5) is 0. The van der Waals surface area contributed by atoms with Gasteiger partial charge in [0.1, 0.15) is 5.75 Å². The van der Waals surface area contributed by atoms with Crippen molar-refractivity contribution in [3.63, 3.8) is 0 Å². The van der Waals surface area contributed by atoms with Gasteiger partial charge in [-0.05, 0) is 19.1 Å². The van der Waals surface area contributed by atoms with Gasteiger partial charge >= 0.3 is 0 Å². The predicted octanol–water partition coefficient (Wildman–Crippen LogP) is 1.71. The summed E-state index contributed by atoms with van der Waals surface area (Å²) in [7, 11) is 0. The highest BCUT2D eigenvalue weighted by Crippen LogP contribution is 2.10. The zero-order valence-corrected chi connectivity index (χ0v) is 9.67. The van der Waals surface area contributed by atoms with Crippen LogP contribution in [0.25, 0.3) is 0 Å². The van der Waals surface area contributed by atoms with Crippen molar-refractivity contribution in [2.24, 2.45) is 5.73 Å². The molecule has 17 heavy (non-hydrogen) atoms. The maximum atomic E-state index is 5.62. The van der Waals surface area contributed by atoms with E-state index in [1.165, 1.54) is 0 Å². The summed E-state index contributed by atoms with van der Waals surface area (Å²) < 4.78 is 10.9. The van der Waals surface area contributed by atoms with Gasteiger partial charge in [0.25, 0.3) is 0 Å². The molecule has 1 unspecified atom stereocenters. The molecule has 1 atom stereocenters. The van der Waals surface area contributed by atoms with Crippen LogP contribution in [-0.4, -0.2) is 16.8 Å². The van der Waals surface area contributed by atoms with Crippen LogP contribution in [0.4, 0.5) is 0 Å². The highest BCUT2D eigenvalue weighted by molar-refractivity contribution is 5.20. The van der Waals surface area contributed by atoms with E-state index in [2.05, 4.69) is 10.2 Å². The van der Waals surface area contributed by atoms with Crippen molar-refractivity contribution >= 4 is 0 Å². The number of hydrogen-bond donors (Lipinski definition) is 1. The first-order valence-electron chi connectivity index (χ1n) is 5.51. The van der Waals surface area contributed by atoms with Crippen molar-refractivity contribution in [2.45, 2.75) is 19.4 Å². The normalized spacial score (nSPS) is 12.4. The summed E-state index contributed by atoms with van der Waals surface area (Å²) in [5.74, 6) is 1.84. The number of ether oxygens (including phenoxy) is 1. The van der Waals surface area contributed by atoms with E-state index >= 15 is 0 Å². The minimum Gasteiger partial charge on any atom is -0.493 e. The Balaban J connectivity index is 1.82. The molecule has 1 aromatic heterocycles. The second-order valence-corrected chi connectivity index (χ2v) is 3.73. The number of hydrogen-bond acceptors (Lipinski definition) is 5. The Hall–Kier alpha value is -1.88. The van der Waals surface area contributed by atoms with Crippen molar-refractivity contribution in [2.75, 3.05) is 6.61 Å². The third-order valence-corrected chi connectivity index (χ3v) is 2.20. The molecule has 2 N–H and O–H groups in total. The minimum atomic E-state index is -0.230. The van der Waals surface area contributed by atoms with Gasteiger partial charge in [0.05, 0.1) is 19.1 Å². The molecule has 0 aliphatic heterocycles. The average molecular weight is 233 g/mol. The highest BCUT2D eigenvalue weighted by Gasteiger charge is 2.09. The van der Waals surface area contributed by atoms with Crippen LogP contribution in [0.15, 0.2) is 34.7 Å². The molecule has 2 aromatic rings. The maximum absolute atomic E-state index is 5.62. The zero-order chi connectivity index (χ0) is 12.1. The highest BCUT2D eigenvalue weighted by atomic mass is 16.5. The smallest absolute Gasteiger partial charge is 0.232 e. The molecular weight excluding hydrogens is 218 g/mol. The van der Waals surface area contributed by atoms with Crippen LogP contribution in [0, 0.1) is 0 Å². The molecule has 5 nitrogen and oxygen atoms in total. The molecule has 2 rings (SSSR count). The Labute approximate surface area is 99.6 Å². The van der Waals surface area contributed by atoms with Gasteiger partial charge in [-0.25, -0.2) is 0 Å². The fraction of sp³-hybridized carbons (Fsp3) is 0.333. The van der Waals surface area contributed by atoms with Crippen molar-refractivity contribution in [3.05, 3.63) is 42.1 Å².